The SMILES string of the molecule is C=CCC(F)(F)C1=CCCN(C)C(c2ccc(NC(=O)C3=NC(CCC)C=C3Cl)cc2F)=C1. The molecule has 1 N–H and O–H groups in total. The quantitative estimate of drug-likeness (QED) is 0.445. The summed E-state index contributed by atoms with van der Waals surface area (Å²) in [5.41, 5.74) is 0.672. The van der Waals surface area contributed by atoms with E-state index in [0.717, 1.165) is 18.9 Å². The van der Waals surface area contributed by atoms with Crippen LogP contribution in [0.5, 0.6) is 0 Å². The highest BCUT2D eigenvalue weighted by atomic mass is 35.5. The molecule has 0 spiro atoms. The number of aliphatic imine (C=N–C) groups is 1. The van der Waals surface area contributed by atoms with Crippen LogP contribution in [0.3, 0.4) is 0 Å². The van der Waals surface area contributed by atoms with E-state index in [1.54, 1.807) is 18.0 Å². The van der Waals surface area contributed by atoms with E-state index in [9.17, 15) is 13.6 Å². The van der Waals surface area contributed by atoms with Gasteiger partial charge < -0.3 is 10.2 Å². The Bertz CT molecular complexity index is 1060. The number of carbonyl (C=O) groups is 1. The van der Waals surface area contributed by atoms with Crippen molar-refractivity contribution in [2.45, 2.75) is 44.6 Å². The van der Waals surface area contributed by atoms with Crippen LogP contribution >= 0.6 is 11.6 Å². The van der Waals surface area contributed by atoms with E-state index in [2.05, 4.69) is 16.9 Å². The molecule has 3 rings (SSSR count). The Balaban J connectivity index is 1.84. The third kappa shape index (κ3) is 5.77. The fourth-order valence-corrected chi connectivity index (χ4v) is 4.08. The zero-order chi connectivity index (χ0) is 24.2. The Labute approximate surface area is 197 Å². The Kier molecular flexibility index (Phi) is 7.84. The maximum absolute atomic E-state index is 15.1. The molecule has 0 aliphatic carbocycles. The Hall–Kier alpha value is -2.80. The zero-order valence-electron chi connectivity index (χ0n) is 18.7. The van der Waals surface area contributed by atoms with Gasteiger partial charge in [0.2, 0.25) is 0 Å². The van der Waals surface area contributed by atoms with Crippen molar-refractivity contribution in [3.8, 4) is 0 Å². The van der Waals surface area contributed by atoms with Gasteiger partial charge in [-0.2, -0.15) is 0 Å². The molecule has 1 aromatic rings. The fraction of sp³-hybridized carbons (Fsp3) is 0.360. The Morgan fingerprint density at radius 1 is 1.42 bits per heavy atom. The van der Waals surface area contributed by atoms with Gasteiger partial charge in [0.1, 0.15) is 11.5 Å². The predicted octanol–water partition coefficient (Wildman–Crippen LogP) is 6.32. The van der Waals surface area contributed by atoms with E-state index in [1.807, 2.05) is 6.92 Å². The number of hydrogen-bond donors (Lipinski definition) is 1. The van der Waals surface area contributed by atoms with Crippen LogP contribution in [0.2, 0.25) is 0 Å². The molecule has 8 heteroatoms. The van der Waals surface area contributed by atoms with E-state index in [-0.39, 0.29) is 33.6 Å². The molecule has 0 radical (unpaired) electrons. The molecule has 4 nitrogen and oxygen atoms in total. The Morgan fingerprint density at radius 3 is 2.85 bits per heavy atom. The minimum Gasteiger partial charge on any atom is -0.374 e. The summed E-state index contributed by atoms with van der Waals surface area (Å²) in [6.45, 7) is 5.87. The van der Waals surface area contributed by atoms with Gasteiger partial charge in [-0.3, -0.25) is 9.79 Å². The van der Waals surface area contributed by atoms with Gasteiger partial charge in [0, 0.05) is 42.5 Å². The van der Waals surface area contributed by atoms with E-state index in [4.69, 9.17) is 11.6 Å². The highest BCUT2D eigenvalue weighted by Crippen LogP contribution is 2.35. The standard InChI is InChI=1S/C25H27ClF3N3O/c1-4-7-17-14-20(26)23(30-17)24(33)31-18-9-10-19(21(27)15-18)22-13-16(8-6-12-32(22)3)25(28,29)11-5-2/h5,8-10,13-15,17H,2,4,6-7,11-12H2,1,3H3,(H,31,33). The fourth-order valence-electron chi connectivity index (χ4n) is 3.80. The second kappa shape index (κ2) is 10.4. The molecule has 2 heterocycles. The number of amides is 1. The van der Waals surface area contributed by atoms with E-state index in [1.165, 1.54) is 30.4 Å². The molecule has 1 unspecified atom stereocenters. The lowest BCUT2D eigenvalue weighted by molar-refractivity contribution is -0.110. The van der Waals surface area contributed by atoms with Crippen molar-refractivity contribution < 1.29 is 18.0 Å². The van der Waals surface area contributed by atoms with Gasteiger partial charge in [-0.25, -0.2) is 13.2 Å². The van der Waals surface area contributed by atoms with Gasteiger partial charge in [-0.15, -0.1) is 6.58 Å². The molecular formula is C25H27ClF3N3O. The lowest BCUT2D eigenvalue weighted by Crippen LogP contribution is -2.22. The number of rotatable bonds is 8. The number of alkyl halides is 2. The number of nitrogens with zero attached hydrogens (tertiary/aromatic N) is 2. The van der Waals surface area contributed by atoms with Crippen LogP contribution < -0.4 is 5.32 Å². The number of allylic oxidation sites excluding steroid dienone is 3. The minimum atomic E-state index is -3.09. The van der Waals surface area contributed by atoms with Crippen molar-refractivity contribution in [2.24, 2.45) is 4.99 Å². The van der Waals surface area contributed by atoms with Crippen molar-refractivity contribution in [3.05, 3.63) is 71.1 Å². The van der Waals surface area contributed by atoms with Crippen LogP contribution in [0, 0.1) is 5.82 Å². The van der Waals surface area contributed by atoms with Gasteiger partial charge >= 0.3 is 0 Å². The molecule has 2 aliphatic rings. The molecule has 1 amide bonds. The van der Waals surface area contributed by atoms with Gasteiger partial charge in [-0.1, -0.05) is 37.1 Å². The van der Waals surface area contributed by atoms with E-state index < -0.39 is 24.1 Å². The van der Waals surface area contributed by atoms with Gasteiger partial charge in [0.25, 0.3) is 11.8 Å². The average Bonchev–Trinajstić information content (AvgIpc) is 2.99. The number of benzene rings is 1. The molecule has 1 atom stereocenters. The van der Waals surface area contributed by atoms with E-state index >= 15 is 4.39 Å². The van der Waals surface area contributed by atoms with E-state index in [0.29, 0.717) is 18.7 Å². The average molecular weight is 478 g/mol. The first-order chi connectivity index (χ1) is 15.7. The highest BCUT2D eigenvalue weighted by Gasteiger charge is 2.33. The molecule has 1 aromatic carbocycles. The van der Waals surface area contributed by atoms with Crippen molar-refractivity contribution in [1.82, 2.24) is 4.90 Å². The first-order valence-corrected chi connectivity index (χ1v) is 11.2. The number of nitrogens with one attached hydrogen (secondary N) is 1. The second-order valence-electron chi connectivity index (χ2n) is 8.09. The summed E-state index contributed by atoms with van der Waals surface area (Å²) in [5, 5.41) is 2.88. The molecule has 176 valence electrons. The van der Waals surface area contributed by atoms with Gasteiger partial charge in [0.05, 0.1) is 11.1 Å². The first kappa shape index (κ1) is 24.8. The highest BCUT2D eigenvalue weighted by molar-refractivity contribution is 6.61. The zero-order valence-corrected chi connectivity index (χ0v) is 19.4. The molecule has 0 aromatic heterocycles. The molecular weight excluding hydrogens is 451 g/mol. The lowest BCUT2D eigenvalue weighted by atomic mass is 10.0. The van der Waals surface area contributed by atoms with Crippen LogP contribution in [0.1, 0.15) is 38.2 Å². The van der Waals surface area contributed by atoms with Crippen LogP contribution in [0.15, 0.2) is 64.7 Å². The molecule has 0 saturated carbocycles. The van der Waals surface area contributed by atoms with Crippen LogP contribution in [0.4, 0.5) is 18.9 Å². The van der Waals surface area contributed by atoms with Crippen molar-refractivity contribution >= 4 is 34.6 Å². The number of halogens is 4. The summed E-state index contributed by atoms with van der Waals surface area (Å²) in [5.74, 6) is -4.26. The largest absolute Gasteiger partial charge is 0.374 e. The maximum Gasteiger partial charge on any atom is 0.276 e. The monoisotopic (exact) mass is 477 g/mol. The van der Waals surface area contributed by atoms with Crippen LogP contribution in [-0.4, -0.2) is 42.1 Å². The number of hydrogen-bond acceptors (Lipinski definition) is 3. The summed E-state index contributed by atoms with van der Waals surface area (Å²) in [6.07, 6.45) is 7.28. The van der Waals surface area contributed by atoms with Gasteiger partial charge in [-0.05, 0) is 43.2 Å². The van der Waals surface area contributed by atoms with Crippen LogP contribution in [0.25, 0.3) is 5.70 Å². The normalized spacial score (nSPS) is 18.7. The molecule has 0 bridgehead atoms. The van der Waals surface area contributed by atoms with Crippen molar-refractivity contribution in [3.63, 3.8) is 0 Å². The summed E-state index contributed by atoms with van der Waals surface area (Å²) >= 11 is 6.14. The third-order valence-corrected chi connectivity index (χ3v) is 5.82. The van der Waals surface area contributed by atoms with Crippen molar-refractivity contribution in [2.75, 3.05) is 18.9 Å². The molecule has 0 fully saturated rings. The van der Waals surface area contributed by atoms with Gasteiger partial charge in [0.15, 0.2) is 0 Å². The lowest BCUT2D eigenvalue weighted by Gasteiger charge is -2.23. The van der Waals surface area contributed by atoms with Crippen molar-refractivity contribution in [1.29, 1.82) is 0 Å². The topological polar surface area (TPSA) is 44.7 Å². The molecule has 33 heavy (non-hydrogen) atoms. The summed E-state index contributed by atoms with van der Waals surface area (Å²) in [4.78, 5) is 18.6. The molecule has 2 aliphatic heterocycles. The smallest absolute Gasteiger partial charge is 0.276 e. The maximum atomic E-state index is 15.1. The molecule has 0 saturated heterocycles. The summed E-state index contributed by atoms with van der Waals surface area (Å²) in [6, 6.07) is 4.02. The number of carbonyl (C=O) groups excluding carboxylic acids is 1. The first-order valence-electron chi connectivity index (χ1n) is 10.8. The van der Waals surface area contributed by atoms with Crippen LogP contribution in [-0.2, 0) is 4.79 Å². The summed E-state index contributed by atoms with van der Waals surface area (Å²) in [7, 11) is 1.72. The Morgan fingerprint density at radius 2 is 2.18 bits per heavy atom. The minimum absolute atomic E-state index is 0.116. The summed E-state index contributed by atoms with van der Waals surface area (Å²) < 4.78 is 44.1. The predicted molar refractivity (Wildman–Crippen MR) is 128 cm³/mol. The number of anilines is 1. The second-order valence-corrected chi connectivity index (χ2v) is 8.50. The third-order valence-electron chi connectivity index (χ3n) is 5.52.